The molecule has 0 spiro atoms. The van der Waals surface area contributed by atoms with E-state index < -0.39 is 23.6 Å². The van der Waals surface area contributed by atoms with Crippen molar-refractivity contribution in [2.75, 3.05) is 6.54 Å². The van der Waals surface area contributed by atoms with Crippen LogP contribution in [0.25, 0.3) is 0 Å². The molecule has 5 heteroatoms. The summed E-state index contributed by atoms with van der Waals surface area (Å²) < 4.78 is 12.9. The number of halogens is 1. The lowest BCUT2D eigenvalue weighted by molar-refractivity contribution is -0.154. The Kier molecular flexibility index (Phi) is 2.28. The number of carboxylic acid groups (broad SMARTS) is 1. The van der Waals surface area contributed by atoms with Crippen molar-refractivity contribution < 1.29 is 19.1 Å². The zero-order chi connectivity index (χ0) is 10.2. The van der Waals surface area contributed by atoms with Gasteiger partial charge in [0.05, 0.1) is 6.54 Å². The van der Waals surface area contributed by atoms with Crippen LogP contribution in [0.3, 0.4) is 0 Å². The monoisotopic (exact) mass is 189 g/mol. The van der Waals surface area contributed by atoms with E-state index in [2.05, 4.69) is 0 Å². The molecule has 0 aromatic carbocycles. The Hall–Kier alpha value is -1.13. The standard InChI is InChI=1S/C8H12FNO3/c1-5(11)10-4-6(9)3-8(10,2)7(12)13/h6H,3-4H2,1-2H3,(H,12,13). The lowest BCUT2D eigenvalue weighted by atomic mass is 9.99. The molecule has 1 rings (SSSR count). The molecule has 13 heavy (non-hydrogen) atoms. The number of likely N-dealkylation sites (tertiary alicyclic amines) is 1. The summed E-state index contributed by atoms with van der Waals surface area (Å²) in [6.45, 7) is 2.51. The molecule has 1 aliphatic heterocycles. The van der Waals surface area contributed by atoms with Crippen molar-refractivity contribution in [2.45, 2.75) is 32.0 Å². The maximum Gasteiger partial charge on any atom is 0.329 e. The number of aliphatic carboxylic acids is 1. The first-order valence-electron chi connectivity index (χ1n) is 4.03. The highest BCUT2D eigenvalue weighted by Gasteiger charge is 2.49. The molecule has 4 nitrogen and oxygen atoms in total. The van der Waals surface area contributed by atoms with Gasteiger partial charge in [0.2, 0.25) is 5.91 Å². The first-order valence-corrected chi connectivity index (χ1v) is 4.03. The van der Waals surface area contributed by atoms with Gasteiger partial charge < -0.3 is 10.0 Å². The van der Waals surface area contributed by atoms with E-state index in [9.17, 15) is 14.0 Å². The van der Waals surface area contributed by atoms with Crippen LogP contribution in [-0.2, 0) is 9.59 Å². The van der Waals surface area contributed by atoms with Gasteiger partial charge in [0.15, 0.2) is 0 Å². The molecular weight excluding hydrogens is 177 g/mol. The highest BCUT2D eigenvalue weighted by Crippen LogP contribution is 2.31. The van der Waals surface area contributed by atoms with E-state index in [1.54, 1.807) is 0 Å². The second-order valence-electron chi connectivity index (χ2n) is 3.51. The van der Waals surface area contributed by atoms with Crippen molar-refractivity contribution >= 4 is 11.9 Å². The number of amides is 1. The maximum absolute atomic E-state index is 12.9. The minimum Gasteiger partial charge on any atom is -0.480 e. The average molecular weight is 189 g/mol. The molecule has 2 unspecified atom stereocenters. The zero-order valence-corrected chi connectivity index (χ0v) is 7.58. The molecule has 2 atom stereocenters. The highest BCUT2D eigenvalue weighted by molar-refractivity contribution is 5.86. The average Bonchev–Trinajstić information content (AvgIpc) is 2.27. The van der Waals surface area contributed by atoms with Crippen molar-refractivity contribution in [3.63, 3.8) is 0 Å². The van der Waals surface area contributed by atoms with E-state index in [0.717, 1.165) is 4.90 Å². The summed E-state index contributed by atoms with van der Waals surface area (Å²) in [7, 11) is 0. The Labute approximate surface area is 75.3 Å². The molecule has 0 aromatic rings. The van der Waals surface area contributed by atoms with Gasteiger partial charge in [-0.25, -0.2) is 9.18 Å². The second kappa shape index (κ2) is 2.97. The van der Waals surface area contributed by atoms with Gasteiger partial charge in [0, 0.05) is 13.3 Å². The van der Waals surface area contributed by atoms with Gasteiger partial charge in [-0.3, -0.25) is 4.79 Å². The third-order valence-electron chi connectivity index (χ3n) is 2.44. The van der Waals surface area contributed by atoms with E-state index >= 15 is 0 Å². The molecule has 0 bridgehead atoms. The normalized spacial score (nSPS) is 33.5. The lowest BCUT2D eigenvalue weighted by Gasteiger charge is -2.29. The second-order valence-corrected chi connectivity index (χ2v) is 3.51. The van der Waals surface area contributed by atoms with E-state index in [4.69, 9.17) is 5.11 Å². The van der Waals surface area contributed by atoms with Crippen molar-refractivity contribution in [1.29, 1.82) is 0 Å². The lowest BCUT2D eigenvalue weighted by Crippen LogP contribution is -2.49. The van der Waals surface area contributed by atoms with Crippen LogP contribution >= 0.6 is 0 Å². The van der Waals surface area contributed by atoms with Crippen molar-refractivity contribution in [3.05, 3.63) is 0 Å². The van der Waals surface area contributed by atoms with Gasteiger partial charge in [-0.05, 0) is 6.92 Å². The summed E-state index contributed by atoms with van der Waals surface area (Å²) in [5.74, 6) is -1.55. The fourth-order valence-electron chi connectivity index (χ4n) is 1.68. The number of alkyl halides is 1. The number of carboxylic acids is 1. The molecule has 1 N–H and O–H groups in total. The van der Waals surface area contributed by atoms with Crippen LogP contribution in [0.15, 0.2) is 0 Å². The fraction of sp³-hybridized carbons (Fsp3) is 0.750. The summed E-state index contributed by atoms with van der Waals surface area (Å²) in [4.78, 5) is 22.9. The topological polar surface area (TPSA) is 57.6 Å². The first-order chi connectivity index (χ1) is 5.88. The molecule has 0 saturated carbocycles. The minimum atomic E-state index is -1.37. The van der Waals surface area contributed by atoms with Gasteiger partial charge in [-0.2, -0.15) is 0 Å². The Bertz CT molecular complexity index is 256. The Morgan fingerprint density at radius 1 is 1.62 bits per heavy atom. The molecule has 1 aliphatic rings. The van der Waals surface area contributed by atoms with Crippen molar-refractivity contribution in [3.8, 4) is 0 Å². The van der Waals surface area contributed by atoms with Crippen LogP contribution in [0.2, 0.25) is 0 Å². The van der Waals surface area contributed by atoms with Gasteiger partial charge >= 0.3 is 5.97 Å². The molecule has 0 aliphatic carbocycles. The summed E-state index contributed by atoms with van der Waals surface area (Å²) >= 11 is 0. The van der Waals surface area contributed by atoms with E-state index in [-0.39, 0.29) is 13.0 Å². The van der Waals surface area contributed by atoms with Crippen LogP contribution in [-0.4, -0.2) is 40.1 Å². The number of rotatable bonds is 1. The number of carbonyl (C=O) groups is 2. The van der Waals surface area contributed by atoms with Gasteiger partial charge in [-0.1, -0.05) is 0 Å². The molecule has 1 saturated heterocycles. The molecule has 74 valence electrons. The predicted molar refractivity (Wildman–Crippen MR) is 42.9 cm³/mol. The van der Waals surface area contributed by atoms with E-state index in [1.807, 2.05) is 0 Å². The number of carbonyl (C=O) groups excluding carboxylic acids is 1. The zero-order valence-electron chi connectivity index (χ0n) is 7.58. The third-order valence-corrected chi connectivity index (χ3v) is 2.44. The molecule has 0 aromatic heterocycles. The largest absolute Gasteiger partial charge is 0.480 e. The molecule has 0 radical (unpaired) electrons. The highest BCUT2D eigenvalue weighted by atomic mass is 19.1. The Balaban J connectivity index is 2.95. The van der Waals surface area contributed by atoms with Crippen LogP contribution in [0.1, 0.15) is 20.3 Å². The van der Waals surface area contributed by atoms with E-state index in [0.29, 0.717) is 0 Å². The summed E-state index contributed by atoms with van der Waals surface area (Å²) in [6, 6.07) is 0. The Morgan fingerprint density at radius 2 is 2.15 bits per heavy atom. The number of hydrogen-bond acceptors (Lipinski definition) is 2. The van der Waals surface area contributed by atoms with Crippen molar-refractivity contribution in [1.82, 2.24) is 4.90 Å². The van der Waals surface area contributed by atoms with E-state index in [1.165, 1.54) is 13.8 Å². The van der Waals surface area contributed by atoms with Crippen molar-refractivity contribution in [2.24, 2.45) is 0 Å². The number of nitrogens with zero attached hydrogens (tertiary/aromatic N) is 1. The molecule has 1 fully saturated rings. The summed E-state index contributed by atoms with van der Waals surface area (Å²) in [5, 5.41) is 8.85. The Morgan fingerprint density at radius 3 is 2.46 bits per heavy atom. The smallest absolute Gasteiger partial charge is 0.329 e. The quantitative estimate of drug-likeness (QED) is 0.650. The third kappa shape index (κ3) is 1.50. The molecule has 1 heterocycles. The molecular formula is C8H12FNO3. The van der Waals surface area contributed by atoms with Crippen LogP contribution < -0.4 is 0 Å². The minimum absolute atomic E-state index is 0.113. The van der Waals surface area contributed by atoms with Gasteiger partial charge in [-0.15, -0.1) is 0 Å². The van der Waals surface area contributed by atoms with Gasteiger partial charge in [0.25, 0.3) is 0 Å². The predicted octanol–water partition coefficient (Wildman–Crippen LogP) is 0.420. The van der Waals surface area contributed by atoms with Crippen LogP contribution in [0.5, 0.6) is 0 Å². The maximum atomic E-state index is 12.9. The van der Waals surface area contributed by atoms with Gasteiger partial charge in [0.1, 0.15) is 11.7 Å². The summed E-state index contributed by atoms with van der Waals surface area (Å²) in [5.41, 5.74) is -1.37. The summed E-state index contributed by atoms with van der Waals surface area (Å²) in [6.07, 6.45) is -1.35. The fourth-order valence-corrected chi connectivity index (χ4v) is 1.68. The first kappa shape index (κ1) is 9.95. The SMILES string of the molecule is CC(=O)N1CC(F)CC1(C)C(=O)O. The van der Waals surface area contributed by atoms with Crippen LogP contribution in [0, 0.1) is 0 Å². The number of hydrogen-bond donors (Lipinski definition) is 1. The van der Waals surface area contributed by atoms with Crippen LogP contribution in [0.4, 0.5) is 4.39 Å². The molecule has 1 amide bonds.